The van der Waals surface area contributed by atoms with Crippen molar-refractivity contribution in [2.24, 2.45) is 5.10 Å². The molecule has 0 saturated carbocycles. The molecule has 1 atom stereocenters. The number of amides is 2. The van der Waals surface area contributed by atoms with Gasteiger partial charge in [-0.2, -0.15) is 5.10 Å². The lowest BCUT2D eigenvalue weighted by molar-refractivity contribution is -0.141. The number of benzene rings is 1. The second-order valence-corrected chi connectivity index (χ2v) is 7.64. The summed E-state index contributed by atoms with van der Waals surface area (Å²) in [6.45, 7) is 2.15. The molecule has 0 fully saturated rings. The molecule has 8 heteroatoms. The number of hydrogen-bond acceptors (Lipinski definition) is 6. The summed E-state index contributed by atoms with van der Waals surface area (Å²) >= 11 is 1.60. The summed E-state index contributed by atoms with van der Waals surface area (Å²) < 4.78 is 10.3. The first kappa shape index (κ1) is 21.0. The largest absolute Gasteiger partial charge is 0.497 e. The van der Waals surface area contributed by atoms with Crippen molar-refractivity contribution in [1.29, 1.82) is 0 Å². The molecular formula is C21H25N3O4S. The van der Waals surface area contributed by atoms with Gasteiger partial charge in [0.15, 0.2) is 0 Å². The molecule has 0 radical (unpaired) electrons. The van der Waals surface area contributed by atoms with E-state index in [4.69, 9.17) is 9.47 Å². The number of carbonyl (C=O) groups is 2. The first-order valence-corrected chi connectivity index (χ1v) is 10.2. The van der Waals surface area contributed by atoms with Crippen LogP contribution in [0.4, 0.5) is 0 Å². The van der Waals surface area contributed by atoms with Crippen LogP contribution in [-0.2, 0) is 14.3 Å². The Kier molecular flexibility index (Phi) is 7.00. The number of hydrazone groups is 1. The summed E-state index contributed by atoms with van der Waals surface area (Å²) in [6.07, 6.45) is 0.622. The minimum atomic E-state index is -0.221. The summed E-state index contributed by atoms with van der Waals surface area (Å²) in [5.74, 6) is 0.369. The number of rotatable bonds is 8. The molecule has 1 aromatic carbocycles. The molecule has 0 saturated heterocycles. The standard InChI is InChI=1S/C21H25N3O4S/c1-15(25)23(10-11-27-2)14-21(26)24-19(16-6-8-17(28-3)9-7-16)13-18(22-24)20-5-4-12-29-20/h4-9,12,19H,10-11,13-14H2,1-3H3. The van der Waals surface area contributed by atoms with Crippen LogP contribution in [0.25, 0.3) is 0 Å². The van der Waals surface area contributed by atoms with Gasteiger partial charge >= 0.3 is 0 Å². The van der Waals surface area contributed by atoms with Crippen LogP contribution in [0.3, 0.4) is 0 Å². The number of ether oxygens (including phenoxy) is 2. The van der Waals surface area contributed by atoms with Gasteiger partial charge in [-0.05, 0) is 29.1 Å². The molecule has 1 unspecified atom stereocenters. The summed E-state index contributed by atoms with van der Waals surface area (Å²) in [4.78, 5) is 27.6. The topological polar surface area (TPSA) is 71.4 Å². The Morgan fingerprint density at radius 1 is 1.24 bits per heavy atom. The van der Waals surface area contributed by atoms with Crippen molar-refractivity contribution >= 4 is 28.9 Å². The van der Waals surface area contributed by atoms with Crippen molar-refractivity contribution in [3.8, 4) is 5.75 Å². The molecule has 2 heterocycles. The van der Waals surface area contributed by atoms with Crippen molar-refractivity contribution < 1.29 is 19.1 Å². The van der Waals surface area contributed by atoms with E-state index >= 15 is 0 Å². The highest BCUT2D eigenvalue weighted by Gasteiger charge is 2.34. The first-order chi connectivity index (χ1) is 14.0. The fourth-order valence-corrected chi connectivity index (χ4v) is 3.92. The quantitative estimate of drug-likeness (QED) is 0.665. The Hall–Kier alpha value is -2.71. The molecule has 1 aromatic heterocycles. The van der Waals surface area contributed by atoms with Crippen LogP contribution in [0, 0.1) is 0 Å². The van der Waals surface area contributed by atoms with Gasteiger partial charge in [0.1, 0.15) is 12.3 Å². The van der Waals surface area contributed by atoms with Crippen molar-refractivity contribution in [2.75, 3.05) is 33.9 Å². The highest BCUT2D eigenvalue weighted by atomic mass is 32.1. The Labute approximate surface area is 174 Å². The van der Waals surface area contributed by atoms with Gasteiger partial charge in [-0.15, -0.1) is 11.3 Å². The molecule has 0 bridgehead atoms. The lowest BCUT2D eigenvalue weighted by atomic mass is 10.0. The maximum atomic E-state index is 13.1. The van der Waals surface area contributed by atoms with Crippen LogP contribution < -0.4 is 4.74 Å². The lowest BCUT2D eigenvalue weighted by Gasteiger charge is -2.26. The van der Waals surface area contributed by atoms with Gasteiger partial charge in [-0.3, -0.25) is 9.59 Å². The van der Waals surface area contributed by atoms with Gasteiger partial charge in [0.05, 0.1) is 30.3 Å². The fourth-order valence-electron chi connectivity index (χ4n) is 3.20. The summed E-state index contributed by atoms with van der Waals surface area (Å²) in [5, 5.41) is 8.14. The zero-order valence-corrected chi connectivity index (χ0v) is 17.6. The average molecular weight is 416 g/mol. The van der Waals surface area contributed by atoms with E-state index in [2.05, 4.69) is 5.10 Å². The summed E-state index contributed by atoms with van der Waals surface area (Å²) in [5.41, 5.74) is 1.85. The van der Waals surface area contributed by atoms with Gasteiger partial charge < -0.3 is 14.4 Å². The van der Waals surface area contributed by atoms with Gasteiger partial charge in [0.25, 0.3) is 5.91 Å². The minimum Gasteiger partial charge on any atom is -0.497 e. The van der Waals surface area contributed by atoms with Crippen molar-refractivity contribution in [3.05, 3.63) is 52.2 Å². The molecule has 154 valence electrons. The lowest BCUT2D eigenvalue weighted by Crippen LogP contribution is -2.41. The minimum absolute atomic E-state index is 0.0352. The maximum Gasteiger partial charge on any atom is 0.262 e. The van der Waals surface area contributed by atoms with Crippen molar-refractivity contribution in [3.63, 3.8) is 0 Å². The third-order valence-corrected chi connectivity index (χ3v) is 5.73. The van der Waals surface area contributed by atoms with E-state index in [9.17, 15) is 9.59 Å². The maximum absolute atomic E-state index is 13.1. The molecule has 1 aliphatic rings. The van der Waals surface area contributed by atoms with Gasteiger partial charge in [-0.25, -0.2) is 5.01 Å². The smallest absolute Gasteiger partial charge is 0.262 e. The van der Waals surface area contributed by atoms with E-state index in [1.807, 2.05) is 41.8 Å². The SMILES string of the molecule is COCCN(CC(=O)N1N=C(c2cccs2)CC1c1ccc(OC)cc1)C(C)=O. The molecule has 0 aliphatic carbocycles. The zero-order valence-electron chi connectivity index (χ0n) is 16.8. The van der Waals surface area contributed by atoms with Crippen LogP contribution in [0.1, 0.15) is 29.8 Å². The number of thiophene rings is 1. The van der Waals surface area contributed by atoms with E-state index < -0.39 is 0 Å². The van der Waals surface area contributed by atoms with Crippen LogP contribution in [0.5, 0.6) is 5.75 Å². The number of hydrogen-bond donors (Lipinski definition) is 0. The normalized spacial score (nSPS) is 15.9. The third-order valence-electron chi connectivity index (χ3n) is 4.81. The van der Waals surface area contributed by atoms with E-state index in [0.717, 1.165) is 21.9 Å². The van der Waals surface area contributed by atoms with Crippen LogP contribution in [0.15, 0.2) is 46.9 Å². The average Bonchev–Trinajstić information content (AvgIpc) is 3.40. The molecule has 2 aromatic rings. The molecule has 0 spiro atoms. The number of nitrogens with zero attached hydrogens (tertiary/aromatic N) is 3. The highest BCUT2D eigenvalue weighted by Crippen LogP contribution is 2.34. The van der Waals surface area contributed by atoms with Gasteiger partial charge in [0, 0.05) is 27.0 Å². The van der Waals surface area contributed by atoms with E-state index in [-0.39, 0.29) is 24.4 Å². The first-order valence-electron chi connectivity index (χ1n) is 9.35. The molecule has 0 N–H and O–H groups in total. The molecule has 3 rings (SSSR count). The molecule has 1 aliphatic heterocycles. The van der Waals surface area contributed by atoms with E-state index in [0.29, 0.717) is 19.6 Å². The Morgan fingerprint density at radius 3 is 2.59 bits per heavy atom. The van der Waals surface area contributed by atoms with E-state index in [1.165, 1.54) is 16.8 Å². The van der Waals surface area contributed by atoms with Gasteiger partial charge in [-0.1, -0.05) is 18.2 Å². The number of carbonyl (C=O) groups excluding carboxylic acids is 2. The second-order valence-electron chi connectivity index (χ2n) is 6.69. The monoisotopic (exact) mass is 415 g/mol. The third kappa shape index (κ3) is 5.02. The number of methoxy groups -OCH3 is 2. The fraction of sp³-hybridized carbons (Fsp3) is 0.381. The Morgan fingerprint density at radius 2 is 2.00 bits per heavy atom. The molecule has 29 heavy (non-hydrogen) atoms. The molecule has 2 amide bonds. The predicted octanol–water partition coefficient (Wildman–Crippen LogP) is 2.93. The molecule has 7 nitrogen and oxygen atoms in total. The van der Waals surface area contributed by atoms with Crippen LogP contribution >= 0.6 is 11.3 Å². The van der Waals surface area contributed by atoms with E-state index in [1.54, 1.807) is 25.6 Å². The zero-order chi connectivity index (χ0) is 20.8. The Bertz CT molecular complexity index is 865. The van der Waals surface area contributed by atoms with Crippen LogP contribution in [0.2, 0.25) is 0 Å². The Balaban J connectivity index is 1.85. The van der Waals surface area contributed by atoms with Crippen molar-refractivity contribution in [2.45, 2.75) is 19.4 Å². The van der Waals surface area contributed by atoms with Crippen LogP contribution in [-0.4, -0.2) is 61.4 Å². The summed E-state index contributed by atoms with van der Waals surface area (Å²) in [6, 6.07) is 11.4. The molecular weight excluding hydrogens is 390 g/mol. The summed E-state index contributed by atoms with van der Waals surface area (Å²) in [7, 11) is 3.19. The predicted molar refractivity (Wildman–Crippen MR) is 112 cm³/mol. The van der Waals surface area contributed by atoms with Crippen molar-refractivity contribution in [1.82, 2.24) is 9.91 Å². The van der Waals surface area contributed by atoms with Gasteiger partial charge in [0.2, 0.25) is 5.91 Å². The highest BCUT2D eigenvalue weighted by molar-refractivity contribution is 7.12. The second kappa shape index (κ2) is 9.67.